The molecule has 1 aliphatic rings. The van der Waals surface area contributed by atoms with Crippen molar-refractivity contribution < 1.29 is 14.3 Å². The molecule has 0 radical (unpaired) electrons. The molecule has 3 nitrogen and oxygen atoms in total. The molecule has 3 rings (SSSR count). The van der Waals surface area contributed by atoms with E-state index in [1.807, 2.05) is 12.1 Å². The van der Waals surface area contributed by atoms with E-state index in [2.05, 4.69) is 69.3 Å². The molecular weight excluding hydrogens is 316 g/mol. The van der Waals surface area contributed by atoms with Crippen molar-refractivity contribution in [2.75, 3.05) is 13.2 Å². The predicted octanol–water partition coefficient (Wildman–Crippen LogP) is 2.32. The third-order valence-electron chi connectivity index (χ3n) is 4.74. The van der Waals surface area contributed by atoms with Gasteiger partial charge in [0.1, 0.15) is 6.10 Å². The van der Waals surface area contributed by atoms with Crippen molar-refractivity contribution in [3.63, 3.8) is 0 Å². The zero-order valence-electron chi connectivity index (χ0n) is 14.6. The van der Waals surface area contributed by atoms with Crippen LogP contribution in [0.1, 0.15) is 20.8 Å². The minimum atomic E-state index is -2.60. The Morgan fingerprint density at radius 1 is 0.917 bits per heavy atom. The molecule has 1 saturated heterocycles. The zero-order chi connectivity index (χ0) is 17.2. The van der Waals surface area contributed by atoms with Crippen LogP contribution in [0, 0.1) is 0 Å². The van der Waals surface area contributed by atoms with E-state index in [1.54, 1.807) is 0 Å². The normalized spacial score (nSPS) is 21.8. The summed E-state index contributed by atoms with van der Waals surface area (Å²) in [4.78, 5) is 0. The fourth-order valence-corrected chi connectivity index (χ4v) is 8.25. The van der Waals surface area contributed by atoms with Gasteiger partial charge in [-0.3, -0.25) is 0 Å². The lowest BCUT2D eigenvalue weighted by Crippen LogP contribution is -2.68. The summed E-state index contributed by atoms with van der Waals surface area (Å²) >= 11 is 0. The van der Waals surface area contributed by atoms with Gasteiger partial charge < -0.3 is 14.3 Å². The second kappa shape index (κ2) is 6.80. The molecule has 1 N–H and O–H groups in total. The van der Waals surface area contributed by atoms with Crippen LogP contribution in [0.4, 0.5) is 0 Å². The maximum Gasteiger partial charge on any atom is 0.261 e. The second-order valence-corrected chi connectivity index (χ2v) is 11.7. The molecule has 128 valence electrons. The largest absolute Gasteiger partial charge is 0.399 e. The molecule has 24 heavy (non-hydrogen) atoms. The van der Waals surface area contributed by atoms with Gasteiger partial charge in [0, 0.05) is 0 Å². The molecule has 0 bridgehead atoms. The highest BCUT2D eigenvalue weighted by atomic mass is 28.4. The summed E-state index contributed by atoms with van der Waals surface area (Å²) in [7, 11) is -2.60. The molecule has 0 amide bonds. The van der Waals surface area contributed by atoms with E-state index >= 15 is 0 Å². The first-order valence-corrected chi connectivity index (χ1v) is 10.4. The van der Waals surface area contributed by atoms with Crippen molar-refractivity contribution in [3.05, 3.63) is 60.7 Å². The lowest BCUT2D eigenvalue weighted by Gasteiger charge is -2.44. The Hall–Kier alpha value is -1.46. The van der Waals surface area contributed by atoms with Gasteiger partial charge in [-0.2, -0.15) is 0 Å². The summed E-state index contributed by atoms with van der Waals surface area (Å²) in [5.74, 6) is 0. The second-order valence-electron chi connectivity index (χ2n) is 7.42. The van der Waals surface area contributed by atoms with Gasteiger partial charge in [-0.1, -0.05) is 81.4 Å². The van der Waals surface area contributed by atoms with Gasteiger partial charge in [-0.15, -0.1) is 0 Å². The van der Waals surface area contributed by atoms with Crippen LogP contribution in [0.2, 0.25) is 5.04 Å². The summed E-state index contributed by atoms with van der Waals surface area (Å²) in [6.45, 7) is 7.51. The highest BCUT2D eigenvalue weighted by Gasteiger charge is 2.52. The molecule has 2 aromatic carbocycles. The number of aliphatic hydroxyl groups is 1. The average molecular weight is 343 g/mol. The van der Waals surface area contributed by atoms with Crippen LogP contribution in [0.5, 0.6) is 0 Å². The van der Waals surface area contributed by atoms with Crippen molar-refractivity contribution in [2.24, 2.45) is 0 Å². The monoisotopic (exact) mass is 342 g/mol. The van der Waals surface area contributed by atoms with E-state index in [0.29, 0.717) is 13.2 Å². The number of benzene rings is 2. The fourth-order valence-electron chi connectivity index (χ4n) is 3.55. The minimum Gasteiger partial charge on any atom is -0.399 e. The molecule has 0 spiro atoms. The van der Waals surface area contributed by atoms with E-state index in [4.69, 9.17) is 9.16 Å². The van der Waals surface area contributed by atoms with Crippen LogP contribution in [-0.2, 0) is 9.16 Å². The number of ether oxygens (including phenoxy) is 1. The average Bonchev–Trinajstić information content (AvgIpc) is 2.98. The smallest absolute Gasteiger partial charge is 0.261 e. The number of rotatable bonds is 4. The standard InChI is InChI=1S/C20H26O3Si/c1-20(2,3)24(16-10-6-4-7-11-16,17-12-8-5-9-13-17)23-19-15-22-14-18(19)21/h4-13,18-19,21H,14-15H2,1-3H3/t18-,19-/m0/s1. The van der Waals surface area contributed by atoms with Crippen molar-refractivity contribution in [1.29, 1.82) is 0 Å². The fraction of sp³-hybridized carbons (Fsp3) is 0.400. The molecule has 0 aliphatic carbocycles. The van der Waals surface area contributed by atoms with Crippen LogP contribution in [0.15, 0.2) is 60.7 Å². The molecule has 0 aromatic heterocycles. The van der Waals surface area contributed by atoms with Gasteiger partial charge in [0.2, 0.25) is 0 Å². The first-order chi connectivity index (χ1) is 11.4. The van der Waals surface area contributed by atoms with Crippen molar-refractivity contribution in [2.45, 2.75) is 38.0 Å². The highest BCUT2D eigenvalue weighted by molar-refractivity contribution is 6.99. The third-order valence-corrected chi connectivity index (χ3v) is 9.81. The van der Waals surface area contributed by atoms with E-state index in [9.17, 15) is 5.11 Å². The van der Waals surface area contributed by atoms with Gasteiger partial charge >= 0.3 is 0 Å². The van der Waals surface area contributed by atoms with E-state index in [1.165, 1.54) is 10.4 Å². The van der Waals surface area contributed by atoms with E-state index in [0.717, 1.165) is 0 Å². The summed E-state index contributed by atoms with van der Waals surface area (Å²) in [5.41, 5.74) is 0. The summed E-state index contributed by atoms with van der Waals surface area (Å²) < 4.78 is 12.3. The van der Waals surface area contributed by atoms with Gasteiger partial charge in [0.15, 0.2) is 0 Å². The van der Waals surface area contributed by atoms with Crippen LogP contribution < -0.4 is 10.4 Å². The Kier molecular flexibility index (Phi) is 4.92. The van der Waals surface area contributed by atoms with E-state index in [-0.39, 0.29) is 11.1 Å². The van der Waals surface area contributed by atoms with Crippen molar-refractivity contribution >= 4 is 18.7 Å². The number of hydrogen-bond acceptors (Lipinski definition) is 3. The molecule has 2 atom stereocenters. The summed E-state index contributed by atoms with van der Waals surface area (Å²) in [6.07, 6.45) is -0.844. The Labute approximate surface area is 145 Å². The van der Waals surface area contributed by atoms with E-state index < -0.39 is 14.4 Å². The van der Waals surface area contributed by atoms with Crippen LogP contribution in [0.25, 0.3) is 0 Å². The van der Waals surface area contributed by atoms with Crippen LogP contribution >= 0.6 is 0 Å². The maximum absolute atomic E-state index is 10.3. The van der Waals surface area contributed by atoms with Crippen LogP contribution in [-0.4, -0.2) is 38.8 Å². The minimum absolute atomic E-state index is 0.0853. The van der Waals surface area contributed by atoms with Gasteiger partial charge in [-0.05, 0) is 15.4 Å². The Balaban J connectivity index is 2.17. The molecule has 1 fully saturated rings. The SMILES string of the molecule is CC(C)(C)[Si](O[C@H]1COC[C@@H]1O)(c1ccccc1)c1ccccc1. The third kappa shape index (κ3) is 3.07. The molecule has 0 unspecified atom stereocenters. The summed E-state index contributed by atoms with van der Waals surface area (Å²) in [5, 5.41) is 12.6. The van der Waals surface area contributed by atoms with Gasteiger partial charge in [0.05, 0.1) is 19.3 Å². The quantitative estimate of drug-likeness (QED) is 0.867. The Bertz CT molecular complexity index is 612. The lowest BCUT2D eigenvalue weighted by molar-refractivity contribution is 0.0670. The number of hydrogen-bond donors (Lipinski definition) is 1. The van der Waals surface area contributed by atoms with Crippen molar-refractivity contribution in [1.82, 2.24) is 0 Å². The topological polar surface area (TPSA) is 38.7 Å². The first-order valence-electron chi connectivity index (χ1n) is 8.50. The van der Waals surface area contributed by atoms with Gasteiger partial charge in [0.25, 0.3) is 8.32 Å². The molecule has 2 aromatic rings. The molecule has 0 saturated carbocycles. The Morgan fingerprint density at radius 3 is 1.79 bits per heavy atom. The zero-order valence-corrected chi connectivity index (χ0v) is 15.6. The Morgan fingerprint density at radius 2 is 1.42 bits per heavy atom. The van der Waals surface area contributed by atoms with Crippen molar-refractivity contribution in [3.8, 4) is 0 Å². The van der Waals surface area contributed by atoms with Gasteiger partial charge in [-0.25, -0.2) is 0 Å². The highest BCUT2D eigenvalue weighted by Crippen LogP contribution is 2.38. The first kappa shape index (κ1) is 17.4. The number of aliphatic hydroxyl groups excluding tert-OH is 1. The lowest BCUT2D eigenvalue weighted by atomic mass is 10.2. The molecule has 4 heteroatoms. The predicted molar refractivity (Wildman–Crippen MR) is 99.3 cm³/mol. The summed E-state index contributed by atoms with van der Waals surface area (Å²) in [6, 6.07) is 21.0. The maximum atomic E-state index is 10.3. The molecular formula is C20H26O3Si. The molecule has 1 heterocycles. The molecule has 1 aliphatic heterocycles. The van der Waals surface area contributed by atoms with Crippen LogP contribution in [0.3, 0.4) is 0 Å².